The van der Waals surface area contributed by atoms with Gasteiger partial charge in [0.25, 0.3) is 0 Å². The van der Waals surface area contributed by atoms with E-state index in [1.54, 1.807) is 0 Å². The first-order valence-corrected chi connectivity index (χ1v) is 12.8. The van der Waals surface area contributed by atoms with Crippen molar-refractivity contribution in [2.75, 3.05) is 0 Å². The molecule has 1 fully saturated rings. The Morgan fingerprint density at radius 3 is 2.10 bits per heavy atom. The highest BCUT2D eigenvalue weighted by Gasteiger charge is 2.24. The molecule has 2 aliphatic carbocycles. The van der Waals surface area contributed by atoms with Crippen LogP contribution in [0.5, 0.6) is 0 Å². The molecule has 0 aliphatic heterocycles. The Bertz CT molecular complexity index is 669. The lowest BCUT2D eigenvalue weighted by Gasteiger charge is -2.28. The van der Waals surface area contributed by atoms with Gasteiger partial charge in [-0.2, -0.15) is 0 Å². The van der Waals surface area contributed by atoms with E-state index in [0.717, 1.165) is 25.2 Å². The summed E-state index contributed by atoms with van der Waals surface area (Å²) in [4.78, 5) is 0. The third kappa shape index (κ3) is 6.41. The molecule has 1 saturated carbocycles. The zero-order chi connectivity index (χ0) is 21.3. The van der Waals surface area contributed by atoms with Crippen LogP contribution in [0.3, 0.4) is 0 Å². The molecule has 0 bridgehead atoms. The van der Waals surface area contributed by atoms with Gasteiger partial charge >= 0.3 is 0 Å². The maximum atomic E-state index is 14.9. The van der Waals surface area contributed by atoms with Crippen molar-refractivity contribution < 1.29 is 8.78 Å². The quantitative estimate of drug-likeness (QED) is 0.263. The summed E-state index contributed by atoms with van der Waals surface area (Å²) in [6, 6.07) is 3.72. The molecule has 1 aromatic rings. The number of allylic oxidation sites excluding steroid dienone is 2. The molecule has 0 heterocycles. The SMILES string of the molecule is CCCCCC1C=CC(c2ccc(CCC3CCC(CCC)CC3)c(F)c2F)CC1. The Morgan fingerprint density at radius 1 is 0.733 bits per heavy atom. The van der Waals surface area contributed by atoms with Gasteiger partial charge in [-0.25, -0.2) is 8.78 Å². The van der Waals surface area contributed by atoms with Crippen LogP contribution in [-0.2, 0) is 6.42 Å². The Hall–Kier alpha value is -1.18. The molecular weight excluding hydrogens is 374 g/mol. The Balaban J connectivity index is 1.52. The predicted molar refractivity (Wildman–Crippen MR) is 124 cm³/mol. The van der Waals surface area contributed by atoms with Crippen molar-refractivity contribution in [3.05, 3.63) is 47.0 Å². The third-order valence-corrected chi connectivity index (χ3v) is 7.72. The smallest absolute Gasteiger partial charge is 0.162 e. The summed E-state index contributed by atoms with van der Waals surface area (Å²) in [5.41, 5.74) is 1.13. The number of halogens is 2. The second kappa shape index (κ2) is 12.0. The van der Waals surface area contributed by atoms with Crippen molar-refractivity contribution >= 4 is 0 Å². The van der Waals surface area contributed by atoms with E-state index in [9.17, 15) is 8.78 Å². The Kier molecular flexibility index (Phi) is 9.40. The zero-order valence-corrected chi connectivity index (χ0v) is 19.3. The molecule has 168 valence electrons. The van der Waals surface area contributed by atoms with Crippen molar-refractivity contribution in [1.29, 1.82) is 0 Å². The molecule has 0 nitrogen and oxygen atoms in total. The molecule has 0 aromatic heterocycles. The van der Waals surface area contributed by atoms with Crippen LogP contribution in [-0.4, -0.2) is 0 Å². The van der Waals surface area contributed by atoms with Crippen molar-refractivity contribution in [3.8, 4) is 0 Å². The van der Waals surface area contributed by atoms with E-state index >= 15 is 0 Å². The molecule has 2 atom stereocenters. The first kappa shape index (κ1) is 23.5. The molecule has 2 aliphatic rings. The third-order valence-electron chi connectivity index (χ3n) is 7.72. The minimum absolute atomic E-state index is 0.0322. The maximum absolute atomic E-state index is 14.9. The number of benzene rings is 1. The molecule has 0 spiro atoms. The van der Waals surface area contributed by atoms with Crippen LogP contribution in [0, 0.1) is 29.4 Å². The van der Waals surface area contributed by atoms with Crippen LogP contribution < -0.4 is 0 Å². The van der Waals surface area contributed by atoms with Crippen molar-refractivity contribution in [2.45, 2.75) is 110 Å². The van der Waals surface area contributed by atoms with E-state index in [0.29, 0.717) is 29.4 Å². The van der Waals surface area contributed by atoms with E-state index in [4.69, 9.17) is 0 Å². The van der Waals surface area contributed by atoms with E-state index in [-0.39, 0.29) is 5.92 Å². The van der Waals surface area contributed by atoms with E-state index in [1.807, 2.05) is 12.1 Å². The van der Waals surface area contributed by atoms with Gasteiger partial charge in [-0.15, -0.1) is 0 Å². The van der Waals surface area contributed by atoms with Crippen LogP contribution in [0.2, 0.25) is 0 Å². The van der Waals surface area contributed by atoms with Gasteiger partial charge in [-0.3, -0.25) is 0 Å². The monoisotopic (exact) mass is 416 g/mol. The summed E-state index contributed by atoms with van der Waals surface area (Å²) >= 11 is 0. The van der Waals surface area contributed by atoms with E-state index in [2.05, 4.69) is 26.0 Å². The normalized spacial score (nSPS) is 26.8. The molecule has 0 saturated heterocycles. The Labute approximate surface area is 183 Å². The van der Waals surface area contributed by atoms with Gasteiger partial charge in [-0.1, -0.05) is 95.9 Å². The van der Waals surface area contributed by atoms with Crippen LogP contribution in [0.25, 0.3) is 0 Å². The van der Waals surface area contributed by atoms with Gasteiger partial charge in [0, 0.05) is 5.92 Å². The van der Waals surface area contributed by atoms with Crippen LogP contribution in [0.4, 0.5) is 8.78 Å². The van der Waals surface area contributed by atoms with Gasteiger partial charge in [0.1, 0.15) is 0 Å². The standard InChI is InChI=1S/C28H42F2/c1-3-5-6-8-22-13-16-24(17-14-22)26-20-19-25(27(29)28(26)30)18-15-23-11-9-21(7-4-2)10-12-23/h13,16,19-24H,3-12,14-15,17-18H2,1-2H3. The fourth-order valence-corrected chi connectivity index (χ4v) is 5.69. The number of hydrogen-bond donors (Lipinski definition) is 0. The lowest BCUT2D eigenvalue weighted by molar-refractivity contribution is 0.251. The zero-order valence-electron chi connectivity index (χ0n) is 19.3. The van der Waals surface area contributed by atoms with Crippen molar-refractivity contribution in [1.82, 2.24) is 0 Å². The summed E-state index contributed by atoms with van der Waals surface area (Å²) < 4.78 is 29.7. The molecule has 0 radical (unpaired) electrons. The maximum Gasteiger partial charge on any atom is 0.162 e. The molecule has 2 unspecified atom stereocenters. The molecule has 30 heavy (non-hydrogen) atoms. The van der Waals surface area contributed by atoms with Crippen molar-refractivity contribution in [2.24, 2.45) is 17.8 Å². The molecule has 0 N–H and O–H groups in total. The van der Waals surface area contributed by atoms with Crippen LogP contribution in [0.15, 0.2) is 24.3 Å². The summed E-state index contributed by atoms with van der Waals surface area (Å²) in [5, 5.41) is 0. The second-order valence-corrected chi connectivity index (χ2v) is 9.98. The van der Waals surface area contributed by atoms with Gasteiger partial charge in [0.2, 0.25) is 0 Å². The fourth-order valence-electron chi connectivity index (χ4n) is 5.69. The molecule has 3 rings (SSSR count). The molecular formula is C28H42F2. The van der Waals surface area contributed by atoms with Crippen LogP contribution in [0.1, 0.15) is 114 Å². The first-order chi connectivity index (χ1) is 14.6. The summed E-state index contributed by atoms with van der Waals surface area (Å²) in [6.07, 6.45) is 20.9. The minimum atomic E-state index is -0.599. The molecule has 1 aromatic carbocycles. The average Bonchev–Trinajstić information content (AvgIpc) is 2.77. The first-order valence-electron chi connectivity index (χ1n) is 12.8. The highest BCUT2D eigenvalue weighted by atomic mass is 19.2. The Morgan fingerprint density at radius 2 is 1.47 bits per heavy atom. The molecule has 2 heteroatoms. The second-order valence-electron chi connectivity index (χ2n) is 9.98. The summed E-state index contributed by atoms with van der Waals surface area (Å²) in [7, 11) is 0. The number of hydrogen-bond acceptors (Lipinski definition) is 0. The van der Waals surface area contributed by atoms with Gasteiger partial charge in [0.15, 0.2) is 11.6 Å². The number of rotatable bonds is 10. The van der Waals surface area contributed by atoms with E-state index < -0.39 is 11.6 Å². The van der Waals surface area contributed by atoms with E-state index in [1.165, 1.54) is 64.2 Å². The number of unbranched alkanes of at least 4 members (excludes halogenated alkanes) is 2. The summed E-state index contributed by atoms with van der Waals surface area (Å²) in [6.45, 7) is 4.49. The summed E-state index contributed by atoms with van der Waals surface area (Å²) in [5.74, 6) is 1.04. The lowest BCUT2D eigenvalue weighted by Crippen LogP contribution is -2.15. The van der Waals surface area contributed by atoms with Gasteiger partial charge in [-0.05, 0) is 61.0 Å². The highest BCUT2D eigenvalue weighted by molar-refractivity contribution is 5.32. The largest absolute Gasteiger partial charge is 0.203 e. The van der Waals surface area contributed by atoms with Gasteiger partial charge < -0.3 is 0 Å². The van der Waals surface area contributed by atoms with Crippen molar-refractivity contribution in [3.63, 3.8) is 0 Å². The predicted octanol–water partition coefficient (Wildman–Crippen LogP) is 9.13. The number of aryl methyl sites for hydroxylation is 1. The lowest BCUT2D eigenvalue weighted by atomic mass is 9.78. The minimum Gasteiger partial charge on any atom is -0.203 e. The highest BCUT2D eigenvalue weighted by Crippen LogP contribution is 2.36. The molecule has 0 amide bonds. The fraction of sp³-hybridized carbons (Fsp3) is 0.714. The topological polar surface area (TPSA) is 0 Å². The van der Waals surface area contributed by atoms with Crippen LogP contribution >= 0.6 is 0 Å². The average molecular weight is 417 g/mol. The van der Waals surface area contributed by atoms with Gasteiger partial charge in [0.05, 0.1) is 0 Å².